The first-order valence-electron chi connectivity index (χ1n) is 6.70. The van der Waals surface area contributed by atoms with Crippen molar-refractivity contribution in [1.82, 2.24) is 15.2 Å². The van der Waals surface area contributed by atoms with Gasteiger partial charge in [-0.3, -0.25) is 14.7 Å². The van der Waals surface area contributed by atoms with Crippen LogP contribution in [0.5, 0.6) is 0 Å². The Morgan fingerprint density at radius 3 is 2.95 bits per heavy atom. The molecule has 1 N–H and O–H groups in total. The molecule has 1 atom stereocenters. The first-order chi connectivity index (χ1) is 9.65. The van der Waals surface area contributed by atoms with Crippen molar-refractivity contribution < 1.29 is 14.3 Å². The van der Waals surface area contributed by atoms with Gasteiger partial charge in [0.2, 0.25) is 5.91 Å². The first-order valence-corrected chi connectivity index (χ1v) is 6.70. The molecule has 1 aromatic rings. The number of aromatic nitrogens is 1. The summed E-state index contributed by atoms with van der Waals surface area (Å²) in [6, 6.07) is 3.38. The molecule has 1 aromatic heterocycles. The Hall–Kier alpha value is -1.95. The van der Waals surface area contributed by atoms with Crippen molar-refractivity contribution in [3.8, 4) is 0 Å². The highest BCUT2D eigenvalue weighted by molar-refractivity contribution is 5.88. The third-order valence-electron chi connectivity index (χ3n) is 3.44. The summed E-state index contributed by atoms with van der Waals surface area (Å²) in [5.41, 5.74) is 1.27. The maximum Gasteiger partial charge on any atom is 0.339 e. The van der Waals surface area contributed by atoms with Crippen molar-refractivity contribution in [3.05, 3.63) is 29.6 Å². The molecule has 1 amide bonds. The van der Waals surface area contributed by atoms with Gasteiger partial charge >= 0.3 is 5.97 Å². The van der Waals surface area contributed by atoms with Crippen molar-refractivity contribution in [2.24, 2.45) is 0 Å². The number of piperazine rings is 1. The van der Waals surface area contributed by atoms with Crippen LogP contribution in [0.3, 0.4) is 0 Å². The minimum atomic E-state index is -0.396. The highest BCUT2D eigenvalue weighted by Crippen LogP contribution is 2.12. The Kier molecular flexibility index (Phi) is 4.68. The van der Waals surface area contributed by atoms with E-state index in [-0.39, 0.29) is 11.9 Å². The lowest BCUT2D eigenvalue weighted by Crippen LogP contribution is -2.54. The number of ether oxygens (including phenoxy) is 1. The van der Waals surface area contributed by atoms with E-state index in [4.69, 9.17) is 0 Å². The van der Waals surface area contributed by atoms with E-state index in [1.807, 2.05) is 6.92 Å². The van der Waals surface area contributed by atoms with Gasteiger partial charge in [-0.25, -0.2) is 4.79 Å². The number of esters is 1. The molecule has 1 aliphatic rings. The van der Waals surface area contributed by atoms with Crippen molar-refractivity contribution in [2.45, 2.75) is 25.9 Å². The minimum absolute atomic E-state index is 0.0740. The first kappa shape index (κ1) is 14.5. The van der Waals surface area contributed by atoms with Crippen LogP contribution >= 0.6 is 0 Å². The predicted molar refractivity (Wildman–Crippen MR) is 73.1 cm³/mol. The number of rotatable bonds is 4. The number of hydrogen-bond donors (Lipinski definition) is 1. The fraction of sp³-hybridized carbons (Fsp3) is 0.500. The number of nitrogens with zero attached hydrogens (tertiary/aromatic N) is 2. The molecule has 0 saturated carbocycles. The van der Waals surface area contributed by atoms with Crippen LogP contribution in [0, 0.1) is 0 Å². The van der Waals surface area contributed by atoms with Crippen LogP contribution in [0.25, 0.3) is 0 Å². The van der Waals surface area contributed by atoms with Gasteiger partial charge in [-0.2, -0.15) is 0 Å². The molecule has 0 aliphatic carbocycles. The average Bonchev–Trinajstić information content (AvgIpc) is 2.47. The van der Waals surface area contributed by atoms with Crippen molar-refractivity contribution in [3.63, 3.8) is 0 Å². The smallest absolute Gasteiger partial charge is 0.339 e. The van der Waals surface area contributed by atoms with E-state index >= 15 is 0 Å². The molecule has 6 heteroatoms. The molecule has 2 rings (SSSR count). The summed E-state index contributed by atoms with van der Waals surface area (Å²) >= 11 is 0. The van der Waals surface area contributed by atoms with E-state index < -0.39 is 5.97 Å². The third kappa shape index (κ3) is 3.14. The van der Waals surface area contributed by atoms with Crippen LogP contribution in [0.4, 0.5) is 0 Å². The number of nitrogens with one attached hydrogen (secondary N) is 1. The summed E-state index contributed by atoms with van der Waals surface area (Å²) < 4.78 is 4.63. The van der Waals surface area contributed by atoms with Crippen LogP contribution in [0.2, 0.25) is 0 Å². The summed E-state index contributed by atoms with van der Waals surface area (Å²) in [6.45, 7) is 4.07. The molecule has 0 radical (unpaired) electrons. The lowest BCUT2D eigenvalue weighted by Gasteiger charge is -2.34. The topological polar surface area (TPSA) is 71.5 Å². The number of methoxy groups -OCH3 is 1. The third-order valence-corrected chi connectivity index (χ3v) is 3.44. The summed E-state index contributed by atoms with van der Waals surface area (Å²) in [4.78, 5) is 29.5. The van der Waals surface area contributed by atoms with Gasteiger partial charge in [0.25, 0.3) is 0 Å². The number of amides is 1. The number of carbonyl (C=O) groups is 2. The summed E-state index contributed by atoms with van der Waals surface area (Å²) in [7, 11) is 1.34. The monoisotopic (exact) mass is 277 g/mol. The number of pyridine rings is 1. The van der Waals surface area contributed by atoms with Crippen molar-refractivity contribution in [2.75, 3.05) is 20.2 Å². The maximum absolute atomic E-state index is 11.8. The zero-order valence-electron chi connectivity index (χ0n) is 11.8. The van der Waals surface area contributed by atoms with Crippen molar-refractivity contribution >= 4 is 11.9 Å². The fourth-order valence-electron chi connectivity index (χ4n) is 2.36. The lowest BCUT2D eigenvalue weighted by atomic mass is 10.1. The Bertz CT molecular complexity index is 487. The molecule has 20 heavy (non-hydrogen) atoms. The van der Waals surface area contributed by atoms with Crippen LogP contribution in [0.1, 0.15) is 29.4 Å². The minimum Gasteiger partial charge on any atom is -0.465 e. The molecule has 0 spiro atoms. The van der Waals surface area contributed by atoms with E-state index in [0.29, 0.717) is 18.7 Å². The normalized spacial score (nSPS) is 19.5. The van der Waals surface area contributed by atoms with Gasteiger partial charge in [-0.1, -0.05) is 6.92 Å². The van der Waals surface area contributed by atoms with Crippen molar-refractivity contribution in [1.29, 1.82) is 0 Å². The molecular weight excluding hydrogens is 258 g/mol. The zero-order chi connectivity index (χ0) is 14.5. The fourth-order valence-corrected chi connectivity index (χ4v) is 2.36. The van der Waals surface area contributed by atoms with E-state index in [2.05, 4.69) is 19.9 Å². The van der Waals surface area contributed by atoms with Crippen LogP contribution in [-0.2, 0) is 16.1 Å². The van der Waals surface area contributed by atoms with E-state index in [0.717, 1.165) is 18.7 Å². The Morgan fingerprint density at radius 2 is 2.35 bits per heavy atom. The summed E-state index contributed by atoms with van der Waals surface area (Å²) in [5, 5.41) is 2.87. The maximum atomic E-state index is 11.8. The van der Waals surface area contributed by atoms with Gasteiger partial charge in [0, 0.05) is 25.8 Å². The highest BCUT2D eigenvalue weighted by Gasteiger charge is 2.28. The van der Waals surface area contributed by atoms with Crippen LogP contribution < -0.4 is 5.32 Å². The van der Waals surface area contributed by atoms with Crippen LogP contribution in [-0.4, -0.2) is 48.0 Å². The standard InChI is InChI=1S/C14H19N3O3/c1-3-12-13(18)15-6-7-17(12)9-11-5-4-10(8-16-11)14(19)20-2/h4-5,8,12H,3,6-7,9H2,1-2H3,(H,15,18). The Labute approximate surface area is 118 Å². The second kappa shape index (κ2) is 6.47. The van der Waals surface area contributed by atoms with Gasteiger partial charge in [0.05, 0.1) is 24.4 Å². The number of hydrogen-bond acceptors (Lipinski definition) is 5. The van der Waals surface area contributed by atoms with Gasteiger partial charge in [0.15, 0.2) is 0 Å². The zero-order valence-corrected chi connectivity index (χ0v) is 11.8. The SMILES string of the molecule is CCC1C(=O)NCCN1Cc1ccc(C(=O)OC)cn1. The van der Waals surface area contributed by atoms with Gasteiger partial charge < -0.3 is 10.1 Å². The van der Waals surface area contributed by atoms with Gasteiger partial charge in [-0.15, -0.1) is 0 Å². The van der Waals surface area contributed by atoms with E-state index in [1.54, 1.807) is 12.1 Å². The molecule has 1 aliphatic heterocycles. The second-order valence-electron chi connectivity index (χ2n) is 4.72. The van der Waals surface area contributed by atoms with Gasteiger partial charge in [-0.05, 0) is 18.6 Å². The molecule has 0 aromatic carbocycles. The van der Waals surface area contributed by atoms with Gasteiger partial charge in [0.1, 0.15) is 0 Å². The Morgan fingerprint density at radius 1 is 1.55 bits per heavy atom. The van der Waals surface area contributed by atoms with Crippen LogP contribution in [0.15, 0.2) is 18.3 Å². The molecule has 1 fully saturated rings. The molecular formula is C14H19N3O3. The lowest BCUT2D eigenvalue weighted by molar-refractivity contribution is -0.129. The summed E-state index contributed by atoms with van der Waals surface area (Å²) in [5.74, 6) is -0.322. The molecule has 0 bridgehead atoms. The van der Waals surface area contributed by atoms with E-state index in [9.17, 15) is 9.59 Å². The molecule has 108 valence electrons. The number of carbonyl (C=O) groups excluding carboxylic acids is 2. The predicted octanol–water partition coefficient (Wildman–Crippen LogP) is 0.579. The average molecular weight is 277 g/mol. The molecule has 1 unspecified atom stereocenters. The molecule has 1 saturated heterocycles. The second-order valence-corrected chi connectivity index (χ2v) is 4.72. The molecule has 6 nitrogen and oxygen atoms in total. The van der Waals surface area contributed by atoms with E-state index in [1.165, 1.54) is 13.3 Å². The quantitative estimate of drug-likeness (QED) is 0.815. The summed E-state index contributed by atoms with van der Waals surface area (Å²) in [6.07, 6.45) is 2.28. The Balaban J connectivity index is 2.05. The molecule has 2 heterocycles. The highest BCUT2D eigenvalue weighted by atomic mass is 16.5. The largest absolute Gasteiger partial charge is 0.465 e.